The van der Waals surface area contributed by atoms with E-state index < -0.39 is 17.3 Å². The van der Waals surface area contributed by atoms with Crippen LogP contribution in [0.5, 0.6) is 0 Å². The highest BCUT2D eigenvalue weighted by Gasteiger charge is 2.30. The van der Waals surface area contributed by atoms with E-state index >= 15 is 0 Å². The zero-order chi connectivity index (χ0) is 23.6. The first-order valence-corrected chi connectivity index (χ1v) is 10.9. The molecule has 0 spiro atoms. The molecule has 11 heteroatoms. The molecule has 1 aliphatic rings. The van der Waals surface area contributed by atoms with Crippen LogP contribution in [0.2, 0.25) is 5.02 Å². The van der Waals surface area contributed by atoms with Gasteiger partial charge in [0, 0.05) is 32.0 Å². The van der Waals surface area contributed by atoms with Gasteiger partial charge in [0.1, 0.15) is 10.8 Å². The summed E-state index contributed by atoms with van der Waals surface area (Å²) in [5, 5.41) is 6.90. The third-order valence-corrected chi connectivity index (χ3v) is 5.98. The van der Waals surface area contributed by atoms with Gasteiger partial charge in [0.2, 0.25) is 0 Å². The van der Waals surface area contributed by atoms with E-state index in [9.17, 15) is 18.0 Å². The Balaban J connectivity index is 1.43. The second-order valence-electron chi connectivity index (χ2n) is 8.04. The molecule has 1 N–H and O–H groups in total. The lowest BCUT2D eigenvalue weighted by atomic mass is 9.99. The van der Waals surface area contributed by atoms with E-state index in [1.165, 1.54) is 6.20 Å². The summed E-state index contributed by atoms with van der Waals surface area (Å²) < 4.78 is 39.0. The van der Waals surface area contributed by atoms with Gasteiger partial charge in [0.15, 0.2) is 5.82 Å². The van der Waals surface area contributed by atoms with Crippen molar-refractivity contribution in [2.45, 2.75) is 32.5 Å². The normalized spacial score (nSPS) is 15.0. The van der Waals surface area contributed by atoms with Crippen molar-refractivity contribution in [1.82, 2.24) is 19.7 Å². The second-order valence-corrected chi connectivity index (χ2v) is 8.42. The molecule has 0 bridgehead atoms. The number of hydrogen-bond acceptors (Lipinski definition) is 6. The highest BCUT2D eigenvalue weighted by atomic mass is 35.5. The van der Waals surface area contributed by atoms with Crippen LogP contribution in [0.3, 0.4) is 0 Å². The quantitative estimate of drug-likeness (QED) is 0.580. The lowest BCUT2D eigenvalue weighted by Crippen LogP contribution is -2.33. The molecule has 0 unspecified atom stereocenters. The molecule has 1 saturated heterocycles. The van der Waals surface area contributed by atoms with Gasteiger partial charge in [-0.3, -0.25) is 4.79 Å². The molecular weight excluding hydrogens is 457 g/mol. The molecule has 0 aromatic carbocycles. The number of alkyl halides is 3. The molecule has 0 amide bonds. The van der Waals surface area contributed by atoms with E-state index in [1.807, 2.05) is 12.1 Å². The minimum atomic E-state index is -4.52. The van der Waals surface area contributed by atoms with E-state index in [4.69, 9.17) is 11.6 Å². The molecule has 0 aliphatic carbocycles. The maximum atomic E-state index is 12.7. The van der Waals surface area contributed by atoms with Gasteiger partial charge < -0.3 is 10.2 Å². The average molecular weight is 479 g/mol. The standard InChI is InChI=1S/C22H22ClF3N6O/c1-14-6-8-31(9-7-14)18-4-2-15(11-28-18)10-27-17-13-30-32(21(33)20(17)23)19-5-3-16(12-29-19)22(24,25)26/h2-5,11-14,27H,6-10H2,1H3. The van der Waals surface area contributed by atoms with E-state index in [0.29, 0.717) is 18.4 Å². The molecule has 0 radical (unpaired) electrons. The average Bonchev–Trinajstić information content (AvgIpc) is 2.80. The maximum Gasteiger partial charge on any atom is 0.417 e. The monoisotopic (exact) mass is 478 g/mol. The Morgan fingerprint density at radius 2 is 1.76 bits per heavy atom. The van der Waals surface area contributed by atoms with Crippen LogP contribution in [0.1, 0.15) is 30.9 Å². The molecular formula is C22H22ClF3N6O. The van der Waals surface area contributed by atoms with Crippen LogP contribution in [0.25, 0.3) is 5.82 Å². The lowest BCUT2D eigenvalue weighted by Gasteiger charge is -2.31. The summed E-state index contributed by atoms with van der Waals surface area (Å²) in [6, 6.07) is 5.83. The predicted octanol–water partition coefficient (Wildman–Crippen LogP) is 4.54. The number of hydrogen-bond donors (Lipinski definition) is 1. The lowest BCUT2D eigenvalue weighted by molar-refractivity contribution is -0.137. The number of nitrogens with zero attached hydrogens (tertiary/aromatic N) is 5. The largest absolute Gasteiger partial charge is 0.417 e. The van der Waals surface area contributed by atoms with Gasteiger partial charge in [-0.25, -0.2) is 9.97 Å². The SMILES string of the molecule is CC1CCN(c2ccc(CNc3cnn(-c4ccc(C(F)(F)F)cn4)c(=O)c3Cl)cn2)CC1. The Bertz CT molecular complexity index is 1160. The van der Waals surface area contributed by atoms with Crippen LogP contribution < -0.4 is 15.8 Å². The van der Waals surface area contributed by atoms with Gasteiger partial charge in [-0.2, -0.15) is 23.0 Å². The Morgan fingerprint density at radius 3 is 2.36 bits per heavy atom. The zero-order valence-corrected chi connectivity index (χ0v) is 18.6. The first kappa shape index (κ1) is 23.0. The van der Waals surface area contributed by atoms with Crippen molar-refractivity contribution in [3.05, 3.63) is 69.4 Å². The summed E-state index contributed by atoms with van der Waals surface area (Å²) >= 11 is 6.19. The van der Waals surface area contributed by atoms with Crippen LogP contribution in [-0.4, -0.2) is 32.8 Å². The Kier molecular flexibility index (Phi) is 6.55. The Morgan fingerprint density at radius 1 is 1.06 bits per heavy atom. The number of rotatable bonds is 5. The summed E-state index contributed by atoms with van der Waals surface area (Å²) in [6.45, 7) is 4.62. The fraction of sp³-hybridized carbons (Fsp3) is 0.364. The fourth-order valence-electron chi connectivity index (χ4n) is 3.54. The second kappa shape index (κ2) is 9.38. The highest BCUT2D eigenvalue weighted by molar-refractivity contribution is 6.32. The third kappa shape index (κ3) is 5.27. The third-order valence-electron chi connectivity index (χ3n) is 5.61. The van der Waals surface area contributed by atoms with Gasteiger partial charge in [-0.05, 0) is 42.5 Å². The maximum absolute atomic E-state index is 12.7. The predicted molar refractivity (Wildman–Crippen MR) is 120 cm³/mol. The highest BCUT2D eigenvalue weighted by Crippen LogP contribution is 2.28. The first-order chi connectivity index (χ1) is 15.7. The van der Waals surface area contributed by atoms with Crippen molar-refractivity contribution in [3.8, 4) is 5.82 Å². The van der Waals surface area contributed by atoms with Gasteiger partial charge in [-0.1, -0.05) is 24.6 Å². The Labute approximate surface area is 193 Å². The Hall–Kier alpha value is -3.14. The summed E-state index contributed by atoms with van der Waals surface area (Å²) in [6.07, 6.45) is 1.54. The van der Waals surface area contributed by atoms with Crippen LogP contribution in [0, 0.1) is 5.92 Å². The van der Waals surface area contributed by atoms with Crippen LogP contribution in [-0.2, 0) is 12.7 Å². The molecule has 33 heavy (non-hydrogen) atoms. The minimum Gasteiger partial charge on any atom is -0.378 e. The van der Waals surface area contributed by atoms with E-state index in [0.717, 1.165) is 60.0 Å². The number of halogens is 4. The van der Waals surface area contributed by atoms with Crippen molar-refractivity contribution in [2.75, 3.05) is 23.3 Å². The van der Waals surface area contributed by atoms with E-state index in [2.05, 4.69) is 32.2 Å². The number of aromatic nitrogens is 4. The van der Waals surface area contributed by atoms with Crippen molar-refractivity contribution in [3.63, 3.8) is 0 Å². The minimum absolute atomic E-state index is 0.0617. The van der Waals surface area contributed by atoms with Crippen molar-refractivity contribution >= 4 is 23.1 Å². The van der Waals surface area contributed by atoms with Crippen LogP contribution in [0.15, 0.2) is 47.7 Å². The summed E-state index contributed by atoms with van der Waals surface area (Å²) in [7, 11) is 0. The summed E-state index contributed by atoms with van der Waals surface area (Å²) in [5.74, 6) is 1.62. The van der Waals surface area contributed by atoms with E-state index in [1.54, 1.807) is 6.20 Å². The fourth-order valence-corrected chi connectivity index (χ4v) is 3.74. The molecule has 1 fully saturated rings. The zero-order valence-electron chi connectivity index (χ0n) is 17.8. The van der Waals surface area contributed by atoms with Crippen molar-refractivity contribution < 1.29 is 13.2 Å². The molecule has 174 valence electrons. The molecule has 4 rings (SSSR count). The van der Waals surface area contributed by atoms with Gasteiger partial charge in [0.25, 0.3) is 5.56 Å². The van der Waals surface area contributed by atoms with Crippen LogP contribution in [0.4, 0.5) is 24.7 Å². The molecule has 7 nitrogen and oxygen atoms in total. The number of nitrogens with one attached hydrogen (secondary N) is 1. The molecule has 0 saturated carbocycles. The molecule has 1 aliphatic heterocycles. The van der Waals surface area contributed by atoms with Crippen molar-refractivity contribution in [2.24, 2.45) is 5.92 Å². The summed E-state index contributed by atoms with van der Waals surface area (Å²) in [4.78, 5) is 23.1. The molecule has 3 aromatic heterocycles. The smallest absolute Gasteiger partial charge is 0.378 e. The van der Waals surface area contributed by atoms with Gasteiger partial charge >= 0.3 is 6.18 Å². The van der Waals surface area contributed by atoms with E-state index in [-0.39, 0.29) is 10.8 Å². The van der Waals surface area contributed by atoms with Gasteiger partial charge in [0.05, 0.1) is 17.4 Å². The number of piperidine rings is 1. The number of pyridine rings is 2. The summed E-state index contributed by atoms with van der Waals surface area (Å²) in [5.41, 5.74) is -0.410. The topological polar surface area (TPSA) is 75.9 Å². The molecule has 3 aromatic rings. The molecule has 4 heterocycles. The van der Waals surface area contributed by atoms with Crippen LogP contribution >= 0.6 is 11.6 Å². The molecule has 0 atom stereocenters. The first-order valence-electron chi connectivity index (χ1n) is 10.5. The number of anilines is 2. The van der Waals surface area contributed by atoms with Crippen molar-refractivity contribution in [1.29, 1.82) is 0 Å². The van der Waals surface area contributed by atoms with Gasteiger partial charge in [-0.15, -0.1) is 0 Å².